The molecule has 0 amide bonds. The van der Waals surface area contributed by atoms with Crippen LogP contribution in [-0.2, 0) is 0 Å². The van der Waals surface area contributed by atoms with Gasteiger partial charge in [0.05, 0.1) is 0 Å². The first-order chi connectivity index (χ1) is 9.76. The number of phenolic OH excluding ortho intramolecular Hbond substituents is 1. The molecule has 1 fully saturated rings. The van der Waals surface area contributed by atoms with Crippen molar-refractivity contribution in [2.75, 3.05) is 13.6 Å². The Labute approximate surface area is 128 Å². The summed E-state index contributed by atoms with van der Waals surface area (Å²) >= 11 is 1.52. The predicted molar refractivity (Wildman–Crippen MR) is 90.0 cm³/mol. The summed E-state index contributed by atoms with van der Waals surface area (Å²) in [4.78, 5) is 1.10. The van der Waals surface area contributed by atoms with Crippen molar-refractivity contribution in [2.45, 2.75) is 50.8 Å². The largest absolute Gasteiger partial charge is 0.508 e. The van der Waals surface area contributed by atoms with E-state index >= 15 is 0 Å². The van der Waals surface area contributed by atoms with Crippen molar-refractivity contribution in [3.63, 3.8) is 0 Å². The molecule has 0 radical (unpaired) electrons. The Kier molecular flexibility index (Phi) is 12.8. The lowest BCUT2D eigenvalue weighted by Gasteiger charge is -2.18. The number of rotatable bonds is 3. The fraction of sp³-hybridized carbons (Fsp3) is 0.625. The number of benzene rings is 1. The van der Waals surface area contributed by atoms with Crippen LogP contribution in [0.4, 0.5) is 0 Å². The third kappa shape index (κ3) is 9.23. The van der Waals surface area contributed by atoms with Gasteiger partial charge in [-0.15, -0.1) is 0 Å². The van der Waals surface area contributed by atoms with Gasteiger partial charge in [-0.2, -0.15) is 0 Å². The molecule has 4 heteroatoms. The third-order valence-electron chi connectivity index (χ3n) is 3.11. The van der Waals surface area contributed by atoms with Gasteiger partial charge >= 0.3 is 0 Å². The average molecular weight is 298 g/mol. The van der Waals surface area contributed by atoms with Gasteiger partial charge in [0.15, 0.2) is 0 Å². The highest BCUT2D eigenvalue weighted by molar-refractivity contribution is 7.97. The van der Waals surface area contributed by atoms with Crippen molar-refractivity contribution < 1.29 is 5.11 Å². The summed E-state index contributed by atoms with van der Waals surface area (Å²) in [5.41, 5.74) is 5.50. The molecule has 1 aromatic carbocycles. The Hall–Kier alpha value is -0.710. The first kappa shape index (κ1) is 19.3. The van der Waals surface area contributed by atoms with Gasteiger partial charge in [-0.3, -0.25) is 4.72 Å². The second-order valence-corrected chi connectivity index (χ2v) is 5.62. The monoisotopic (exact) mass is 298 g/mol. The molecule has 0 atom stereocenters. The van der Waals surface area contributed by atoms with Crippen molar-refractivity contribution in [3.05, 3.63) is 24.3 Å². The molecular formula is C16H30N2OS. The van der Waals surface area contributed by atoms with Gasteiger partial charge in [-0.25, -0.2) is 0 Å². The second-order valence-electron chi connectivity index (χ2n) is 4.54. The maximum Gasteiger partial charge on any atom is 0.115 e. The van der Waals surface area contributed by atoms with Gasteiger partial charge in [-0.1, -0.05) is 33.1 Å². The summed E-state index contributed by atoms with van der Waals surface area (Å²) in [5, 5.41) is 8.90. The fourth-order valence-corrected chi connectivity index (χ4v) is 2.56. The van der Waals surface area contributed by atoms with Crippen LogP contribution in [0.2, 0.25) is 0 Å². The van der Waals surface area contributed by atoms with Crippen molar-refractivity contribution >= 4 is 11.9 Å². The van der Waals surface area contributed by atoms with E-state index in [1.807, 2.05) is 33.0 Å². The molecule has 1 aliphatic carbocycles. The quantitative estimate of drug-likeness (QED) is 0.733. The van der Waals surface area contributed by atoms with E-state index in [4.69, 9.17) is 10.8 Å². The number of nitrogens with two attached hydrogens (primary N) is 1. The van der Waals surface area contributed by atoms with Crippen molar-refractivity contribution in [3.8, 4) is 5.75 Å². The zero-order chi connectivity index (χ0) is 15.2. The molecule has 2 rings (SSSR count). The lowest BCUT2D eigenvalue weighted by molar-refractivity contribution is 0.366. The SMILES string of the molecule is CC.CNSc1ccc(O)cc1.NCC1CCCCC1. The minimum Gasteiger partial charge on any atom is -0.508 e. The molecule has 0 unspecified atom stereocenters. The molecule has 0 aromatic heterocycles. The zero-order valence-electron chi connectivity index (χ0n) is 13.1. The van der Waals surface area contributed by atoms with Gasteiger partial charge in [0.2, 0.25) is 0 Å². The summed E-state index contributed by atoms with van der Waals surface area (Å²) in [6.07, 6.45) is 7.05. The Bertz CT molecular complexity index is 311. The van der Waals surface area contributed by atoms with E-state index in [1.54, 1.807) is 12.1 Å². The summed E-state index contributed by atoms with van der Waals surface area (Å²) in [6.45, 7) is 4.92. The number of nitrogens with one attached hydrogen (secondary N) is 1. The lowest BCUT2D eigenvalue weighted by Crippen LogP contribution is -2.16. The summed E-state index contributed by atoms with van der Waals surface area (Å²) in [6, 6.07) is 7.05. The Morgan fingerprint density at radius 1 is 1.15 bits per heavy atom. The van der Waals surface area contributed by atoms with Crippen LogP contribution in [0.1, 0.15) is 46.0 Å². The summed E-state index contributed by atoms with van der Waals surface area (Å²) < 4.78 is 2.94. The van der Waals surface area contributed by atoms with E-state index < -0.39 is 0 Å². The van der Waals surface area contributed by atoms with Crippen molar-refractivity contribution in [2.24, 2.45) is 11.7 Å². The highest BCUT2D eigenvalue weighted by atomic mass is 32.2. The van der Waals surface area contributed by atoms with E-state index in [9.17, 15) is 0 Å². The Morgan fingerprint density at radius 2 is 1.70 bits per heavy atom. The van der Waals surface area contributed by atoms with Crippen LogP contribution in [0.15, 0.2) is 29.2 Å². The third-order valence-corrected chi connectivity index (χ3v) is 3.83. The number of hydrogen-bond acceptors (Lipinski definition) is 4. The van der Waals surface area contributed by atoms with Gasteiger partial charge < -0.3 is 10.8 Å². The molecule has 20 heavy (non-hydrogen) atoms. The molecule has 0 bridgehead atoms. The van der Waals surface area contributed by atoms with E-state index in [-0.39, 0.29) is 0 Å². The van der Waals surface area contributed by atoms with Crippen molar-refractivity contribution in [1.82, 2.24) is 4.72 Å². The Morgan fingerprint density at radius 3 is 2.10 bits per heavy atom. The average Bonchev–Trinajstić information content (AvgIpc) is 2.53. The molecule has 116 valence electrons. The zero-order valence-corrected chi connectivity index (χ0v) is 13.9. The molecule has 1 saturated carbocycles. The Balaban J connectivity index is 0.000000327. The van der Waals surface area contributed by atoms with Crippen molar-refractivity contribution in [1.29, 1.82) is 0 Å². The summed E-state index contributed by atoms with van der Waals surface area (Å²) in [7, 11) is 1.86. The maximum absolute atomic E-state index is 8.90. The van der Waals surface area contributed by atoms with E-state index in [0.29, 0.717) is 5.75 Å². The minimum atomic E-state index is 0.306. The second kappa shape index (κ2) is 13.3. The number of hydrogen-bond donors (Lipinski definition) is 3. The maximum atomic E-state index is 8.90. The first-order valence-electron chi connectivity index (χ1n) is 7.59. The van der Waals surface area contributed by atoms with E-state index in [0.717, 1.165) is 17.4 Å². The van der Waals surface area contributed by atoms with E-state index in [2.05, 4.69) is 4.72 Å². The summed E-state index contributed by atoms with van der Waals surface area (Å²) in [5.74, 6) is 1.17. The van der Waals surface area contributed by atoms with Gasteiger partial charge in [0, 0.05) is 4.90 Å². The van der Waals surface area contributed by atoms with Gasteiger partial charge in [-0.05, 0) is 68.6 Å². The molecule has 4 N–H and O–H groups in total. The van der Waals surface area contributed by atoms with Crippen LogP contribution in [0.3, 0.4) is 0 Å². The standard InChI is InChI=1S/C7H9NOS.C7H15N.C2H6/c1-8-10-7-4-2-6(9)3-5-7;8-6-7-4-2-1-3-5-7;1-2/h2-5,8-9H,1H3;7H,1-6,8H2;1-2H3. The highest BCUT2D eigenvalue weighted by Gasteiger charge is 2.09. The normalized spacial score (nSPS) is 14.6. The lowest BCUT2D eigenvalue weighted by atomic mass is 9.90. The van der Waals surface area contributed by atoms with E-state index in [1.165, 1.54) is 44.1 Å². The van der Waals surface area contributed by atoms with Crippen LogP contribution in [-0.4, -0.2) is 18.7 Å². The molecule has 0 spiro atoms. The molecule has 3 nitrogen and oxygen atoms in total. The van der Waals surface area contributed by atoms with Crippen LogP contribution in [0.5, 0.6) is 5.75 Å². The van der Waals surface area contributed by atoms with Gasteiger partial charge in [0.25, 0.3) is 0 Å². The number of phenols is 1. The van der Waals surface area contributed by atoms with Crippen LogP contribution >= 0.6 is 11.9 Å². The topological polar surface area (TPSA) is 58.3 Å². The fourth-order valence-electron chi connectivity index (χ4n) is 2.05. The molecule has 0 aliphatic heterocycles. The molecule has 0 heterocycles. The molecular weight excluding hydrogens is 268 g/mol. The molecule has 0 saturated heterocycles. The van der Waals surface area contributed by atoms with Crippen LogP contribution < -0.4 is 10.5 Å². The molecule has 1 aliphatic rings. The first-order valence-corrected chi connectivity index (χ1v) is 8.40. The highest BCUT2D eigenvalue weighted by Crippen LogP contribution is 2.21. The minimum absolute atomic E-state index is 0.306. The smallest absolute Gasteiger partial charge is 0.115 e. The van der Waals surface area contributed by atoms with Crippen LogP contribution in [0.25, 0.3) is 0 Å². The van der Waals surface area contributed by atoms with Crippen LogP contribution in [0, 0.1) is 5.92 Å². The number of aromatic hydroxyl groups is 1. The molecule has 1 aromatic rings. The van der Waals surface area contributed by atoms with Gasteiger partial charge in [0.1, 0.15) is 5.75 Å². The predicted octanol–water partition coefficient (Wildman–Crippen LogP) is 4.17.